The number of carbonyl (C=O) groups is 1. The van der Waals surface area contributed by atoms with Crippen LogP contribution in [-0.4, -0.2) is 48.2 Å². The van der Waals surface area contributed by atoms with Gasteiger partial charge in [-0.2, -0.15) is 0 Å². The maximum absolute atomic E-state index is 13.2. The van der Waals surface area contributed by atoms with Crippen LogP contribution in [-0.2, 0) is 9.53 Å². The zero-order chi connectivity index (χ0) is 14.8. The number of benzene rings is 1. The normalized spacial score (nSPS) is 26.1. The van der Waals surface area contributed by atoms with Gasteiger partial charge in [0.25, 0.3) is 0 Å². The highest BCUT2D eigenvalue weighted by Gasteiger charge is 2.31. The summed E-state index contributed by atoms with van der Waals surface area (Å²) in [5.74, 6) is 1.29. The molecule has 0 aliphatic carbocycles. The molecule has 4 nitrogen and oxygen atoms in total. The average molecular weight is 331 g/mol. The highest BCUT2D eigenvalue weighted by molar-refractivity contribution is 7.99. The number of rotatable bonds is 2. The second-order valence-electron chi connectivity index (χ2n) is 5.09. The van der Waals surface area contributed by atoms with Crippen LogP contribution < -0.4 is 5.32 Å². The zero-order valence-electron chi connectivity index (χ0n) is 11.4. The van der Waals surface area contributed by atoms with E-state index in [1.165, 1.54) is 6.07 Å². The third-order valence-electron chi connectivity index (χ3n) is 3.71. The van der Waals surface area contributed by atoms with Crippen LogP contribution in [0.15, 0.2) is 18.2 Å². The molecule has 1 aromatic carbocycles. The summed E-state index contributed by atoms with van der Waals surface area (Å²) in [6.45, 7) is 1.54. The number of thioether (sulfide) groups is 1. The number of amides is 1. The first kappa shape index (κ1) is 15.1. The van der Waals surface area contributed by atoms with Gasteiger partial charge in [-0.25, -0.2) is 4.39 Å². The lowest BCUT2D eigenvalue weighted by Crippen LogP contribution is -2.50. The first-order chi connectivity index (χ1) is 10.1. The van der Waals surface area contributed by atoms with Crippen molar-refractivity contribution in [3.05, 3.63) is 34.6 Å². The molecular formula is C14H16ClFN2O2S. The van der Waals surface area contributed by atoms with E-state index in [1.54, 1.807) is 23.9 Å². The van der Waals surface area contributed by atoms with Crippen LogP contribution in [0.25, 0.3) is 0 Å². The van der Waals surface area contributed by atoms with Crippen molar-refractivity contribution in [3.63, 3.8) is 0 Å². The third-order valence-corrected chi connectivity index (χ3v) is 4.94. The zero-order valence-corrected chi connectivity index (χ0v) is 12.9. The predicted molar refractivity (Wildman–Crippen MR) is 80.9 cm³/mol. The van der Waals surface area contributed by atoms with E-state index >= 15 is 0 Å². The van der Waals surface area contributed by atoms with Crippen LogP contribution in [0.3, 0.4) is 0 Å². The topological polar surface area (TPSA) is 41.6 Å². The first-order valence-electron chi connectivity index (χ1n) is 6.81. The molecule has 2 unspecified atom stereocenters. The molecule has 3 rings (SSSR count). The van der Waals surface area contributed by atoms with Gasteiger partial charge in [-0.15, -0.1) is 11.8 Å². The van der Waals surface area contributed by atoms with Gasteiger partial charge >= 0.3 is 0 Å². The van der Waals surface area contributed by atoms with Crippen LogP contribution in [0.4, 0.5) is 4.39 Å². The Hall–Kier alpha value is -0.820. The van der Waals surface area contributed by atoms with E-state index in [0.29, 0.717) is 19.7 Å². The van der Waals surface area contributed by atoms with Gasteiger partial charge in [-0.1, -0.05) is 17.7 Å². The smallest absolute Gasteiger partial charge is 0.240 e. The molecule has 2 fully saturated rings. The van der Waals surface area contributed by atoms with Crippen molar-refractivity contribution < 1.29 is 13.9 Å². The molecule has 2 aliphatic heterocycles. The molecule has 1 amide bonds. The molecule has 114 valence electrons. The third kappa shape index (κ3) is 3.34. The molecule has 0 saturated carbocycles. The largest absolute Gasteiger partial charge is 0.370 e. The van der Waals surface area contributed by atoms with Crippen molar-refractivity contribution in [2.24, 2.45) is 0 Å². The maximum atomic E-state index is 13.2. The lowest BCUT2D eigenvalue weighted by atomic mass is 10.1. The maximum Gasteiger partial charge on any atom is 0.240 e. The Bertz CT molecular complexity index is 540. The Balaban J connectivity index is 1.70. The molecule has 0 bridgehead atoms. The molecule has 7 heteroatoms. The molecule has 1 N–H and O–H groups in total. The molecule has 21 heavy (non-hydrogen) atoms. The number of halogens is 2. The molecule has 2 aliphatic rings. The fourth-order valence-corrected chi connectivity index (χ4v) is 3.66. The van der Waals surface area contributed by atoms with Gasteiger partial charge in [0.15, 0.2) is 0 Å². The minimum absolute atomic E-state index is 0.0772. The predicted octanol–water partition coefficient (Wildman–Crippen LogP) is 2.04. The molecule has 0 aromatic heterocycles. The van der Waals surface area contributed by atoms with E-state index in [-0.39, 0.29) is 23.1 Å². The van der Waals surface area contributed by atoms with Crippen LogP contribution in [0.1, 0.15) is 11.7 Å². The summed E-state index contributed by atoms with van der Waals surface area (Å²) in [6, 6.07) is 4.45. The van der Waals surface area contributed by atoms with E-state index in [0.717, 1.165) is 17.2 Å². The van der Waals surface area contributed by atoms with Gasteiger partial charge in [0.2, 0.25) is 5.91 Å². The van der Waals surface area contributed by atoms with Crippen molar-refractivity contribution >= 4 is 29.3 Å². The number of ether oxygens (including phenoxy) is 1. The molecule has 1 aromatic rings. The van der Waals surface area contributed by atoms with E-state index in [4.69, 9.17) is 16.3 Å². The first-order valence-corrected chi connectivity index (χ1v) is 8.35. The Morgan fingerprint density at radius 3 is 3.10 bits per heavy atom. The van der Waals surface area contributed by atoms with Crippen molar-refractivity contribution in [1.29, 1.82) is 0 Å². The van der Waals surface area contributed by atoms with Crippen LogP contribution >= 0.6 is 23.4 Å². The van der Waals surface area contributed by atoms with Crippen molar-refractivity contribution in [3.8, 4) is 0 Å². The van der Waals surface area contributed by atoms with Crippen molar-refractivity contribution in [1.82, 2.24) is 10.2 Å². The summed E-state index contributed by atoms with van der Waals surface area (Å²) in [5.41, 5.74) is 0.799. The highest BCUT2D eigenvalue weighted by Crippen LogP contribution is 2.26. The van der Waals surface area contributed by atoms with E-state index in [1.807, 2.05) is 4.90 Å². The second kappa shape index (κ2) is 6.52. The Kier molecular flexibility index (Phi) is 4.69. The monoisotopic (exact) mass is 330 g/mol. The van der Waals surface area contributed by atoms with Crippen LogP contribution in [0, 0.1) is 5.82 Å². The molecular weight excluding hydrogens is 315 g/mol. The van der Waals surface area contributed by atoms with E-state index in [2.05, 4.69) is 5.32 Å². The van der Waals surface area contributed by atoms with Crippen LogP contribution in [0.5, 0.6) is 0 Å². The molecule has 2 saturated heterocycles. The van der Waals surface area contributed by atoms with Gasteiger partial charge in [0.05, 0.1) is 24.2 Å². The number of hydrogen-bond donors (Lipinski definition) is 1. The van der Waals surface area contributed by atoms with Gasteiger partial charge < -0.3 is 9.64 Å². The summed E-state index contributed by atoms with van der Waals surface area (Å²) >= 11 is 7.54. The summed E-state index contributed by atoms with van der Waals surface area (Å²) in [7, 11) is 0. The summed E-state index contributed by atoms with van der Waals surface area (Å²) in [4.78, 5) is 14.2. The Morgan fingerprint density at radius 2 is 2.38 bits per heavy atom. The minimum Gasteiger partial charge on any atom is -0.370 e. The highest BCUT2D eigenvalue weighted by atomic mass is 35.5. The van der Waals surface area contributed by atoms with Crippen molar-refractivity contribution in [2.45, 2.75) is 12.1 Å². The van der Waals surface area contributed by atoms with Crippen LogP contribution in [0.2, 0.25) is 5.02 Å². The lowest BCUT2D eigenvalue weighted by Gasteiger charge is -2.34. The van der Waals surface area contributed by atoms with E-state index < -0.39 is 5.82 Å². The quantitative estimate of drug-likeness (QED) is 0.901. The van der Waals surface area contributed by atoms with Gasteiger partial charge in [0, 0.05) is 18.2 Å². The number of carbonyl (C=O) groups excluding carboxylic acids is 1. The SMILES string of the molecule is O=C(C1CSCN1)N1CCOC(c2ccc(F)c(Cl)c2)C1. The Labute approximate surface area is 132 Å². The van der Waals surface area contributed by atoms with Gasteiger partial charge in [-0.3, -0.25) is 10.1 Å². The average Bonchev–Trinajstić information content (AvgIpc) is 3.04. The molecule has 2 atom stereocenters. The number of nitrogens with one attached hydrogen (secondary N) is 1. The number of morpholine rings is 1. The minimum atomic E-state index is -0.448. The van der Waals surface area contributed by atoms with Crippen molar-refractivity contribution in [2.75, 3.05) is 31.3 Å². The van der Waals surface area contributed by atoms with E-state index in [9.17, 15) is 9.18 Å². The second-order valence-corrected chi connectivity index (χ2v) is 6.53. The van der Waals surface area contributed by atoms with Gasteiger partial charge in [-0.05, 0) is 17.7 Å². The molecule has 2 heterocycles. The van der Waals surface area contributed by atoms with Gasteiger partial charge in [0.1, 0.15) is 11.9 Å². The summed E-state index contributed by atoms with van der Waals surface area (Å²) in [6.07, 6.45) is -0.255. The summed E-state index contributed by atoms with van der Waals surface area (Å²) in [5, 5.41) is 3.26. The fraction of sp³-hybridized carbons (Fsp3) is 0.500. The summed E-state index contributed by atoms with van der Waals surface area (Å²) < 4.78 is 18.9. The molecule has 0 spiro atoms. The number of hydrogen-bond acceptors (Lipinski definition) is 4. The molecule has 0 radical (unpaired) electrons. The number of nitrogens with zero attached hydrogens (tertiary/aromatic N) is 1. The lowest BCUT2D eigenvalue weighted by molar-refractivity contribution is -0.140. The standard InChI is InChI=1S/C14H16ClFN2O2S/c15-10-5-9(1-2-11(10)16)13-6-18(3-4-20-13)14(19)12-7-21-8-17-12/h1-2,5,12-13,17H,3-4,6-8H2. The Morgan fingerprint density at radius 1 is 1.52 bits per heavy atom. The fourth-order valence-electron chi connectivity index (χ4n) is 2.54.